The molecule has 0 radical (unpaired) electrons. The number of imidazole rings is 1. The minimum absolute atomic E-state index is 0.0163. The maximum atomic E-state index is 12.2. The minimum Gasteiger partial charge on any atom is -0.350 e. The highest BCUT2D eigenvalue weighted by atomic mass is 16.1. The molecule has 3 rings (SSSR count). The van der Waals surface area contributed by atoms with Gasteiger partial charge in [-0.05, 0) is 31.5 Å². The number of carbonyl (C=O) groups excluding carboxylic acids is 1. The minimum atomic E-state index is 0.0163. The number of para-hydroxylation sites is 2. The molecule has 118 valence electrons. The van der Waals surface area contributed by atoms with Gasteiger partial charge in [0.25, 0.3) is 0 Å². The number of nitrogens with one attached hydrogen (secondary N) is 1. The normalized spacial score (nSPS) is 12.3. The van der Waals surface area contributed by atoms with Crippen molar-refractivity contribution >= 4 is 16.9 Å². The number of aryl methyl sites for hydroxylation is 2. The molecule has 1 unspecified atom stereocenters. The fourth-order valence-corrected chi connectivity index (χ4v) is 2.66. The highest BCUT2D eigenvalue weighted by Crippen LogP contribution is 2.14. The van der Waals surface area contributed by atoms with Crippen molar-refractivity contribution in [2.45, 2.75) is 32.9 Å². The van der Waals surface area contributed by atoms with Crippen molar-refractivity contribution in [1.82, 2.24) is 14.9 Å². The second kappa shape index (κ2) is 6.65. The molecule has 1 aromatic heterocycles. The summed E-state index contributed by atoms with van der Waals surface area (Å²) in [6.07, 6.45) is 2.23. The highest BCUT2D eigenvalue weighted by molar-refractivity contribution is 5.77. The van der Waals surface area contributed by atoms with Crippen LogP contribution in [0.5, 0.6) is 0 Å². The molecule has 0 spiro atoms. The number of hydrogen-bond acceptors (Lipinski definition) is 2. The lowest BCUT2D eigenvalue weighted by molar-refractivity contribution is -0.121. The van der Waals surface area contributed by atoms with Gasteiger partial charge in [-0.1, -0.05) is 42.0 Å². The van der Waals surface area contributed by atoms with Crippen LogP contribution in [0.2, 0.25) is 0 Å². The number of carbonyl (C=O) groups is 1. The molecule has 0 aliphatic carbocycles. The Morgan fingerprint density at radius 1 is 1.17 bits per heavy atom. The average Bonchev–Trinajstić information content (AvgIpc) is 2.97. The third kappa shape index (κ3) is 3.59. The van der Waals surface area contributed by atoms with Crippen LogP contribution in [0.4, 0.5) is 0 Å². The molecule has 23 heavy (non-hydrogen) atoms. The first-order valence-corrected chi connectivity index (χ1v) is 7.89. The quantitative estimate of drug-likeness (QED) is 0.782. The summed E-state index contributed by atoms with van der Waals surface area (Å²) in [7, 11) is 0. The molecule has 1 atom stereocenters. The molecule has 0 saturated carbocycles. The zero-order chi connectivity index (χ0) is 16.2. The van der Waals surface area contributed by atoms with Crippen molar-refractivity contribution in [2.75, 3.05) is 0 Å². The fourth-order valence-electron chi connectivity index (χ4n) is 2.66. The van der Waals surface area contributed by atoms with Crippen molar-refractivity contribution in [1.29, 1.82) is 0 Å². The summed E-state index contributed by atoms with van der Waals surface area (Å²) in [5.41, 5.74) is 4.36. The Hall–Kier alpha value is -2.62. The Labute approximate surface area is 136 Å². The molecule has 0 saturated heterocycles. The Bertz CT molecular complexity index is 805. The lowest BCUT2D eigenvalue weighted by atomic mass is 10.1. The first-order valence-electron chi connectivity index (χ1n) is 7.89. The summed E-state index contributed by atoms with van der Waals surface area (Å²) >= 11 is 0. The molecule has 3 aromatic rings. The van der Waals surface area contributed by atoms with Gasteiger partial charge < -0.3 is 9.88 Å². The van der Waals surface area contributed by atoms with E-state index in [0.717, 1.165) is 16.6 Å². The fraction of sp³-hybridized carbons (Fsp3) is 0.263. The molecule has 1 heterocycles. The second-order valence-corrected chi connectivity index (χ2v) is 5.88. The van der Waals surface area contributed by atoms with Gasteiger partial charge in [0.15, 0.2) is 0 Å². The molecule has 1 amide bonds. The predicted molar refractivity (Wildman–Crippen MR) is 92.1 cm³/mol. The van der Waals surface area contributed by atoms with E-state index >= 15 is 0 Å². The average molecular weight is 307 g/mol. The van der Waals surface area contributed by atoms with Crippen molar-refractivity contribution < 1.29 is 4.79 Å². The molecule has 4 nitrogen and oxygen atoms in total. The third-order valence-corrected chi connectivity index (χ3v) is 4.06. The molecule has 4 heteroatoms. The van der Waals surface area contributed by atoms with Crippen LogP contribution in [0, 0.1) is 6.92 Å². The largest absolute Gasteiger partial charge is 0.350 e. The SMILES string of the molecule is Cc1ccc(C(C)NC(=O)CCn2cnc3ccccc32)cc1. The van der Waals surface area contributed by atoms with Gasteiger partial charge in [0.2, 0.25) is 5.91 Å². The van der Waals surface area contributed by atoms with E-state index in [2.05, 4.69) is 41.5 Å². The third-order valence-electron chi connectivity index (χ3n) is 4.06. The molecule has 0 fully saturated rings. The molecule has 0 aliphatic heterocycles. The van der Waals surface area contributed by atoms with E-state index in [9.17, 15) is 4.79 Å². The van der Waals surface area contributed by atoms with E-state index < -0.39 is 0 Å². The number of amides is 1. The standard InChI is InChI=1S/C19H21N3O/c1-14-7-9-16(10-8-14)15(2)21-19(23)11-12-22-13-20-17-5-3-4-6-18(17)22/h3-10,13,15H,11-12H2,1-2H3,(H,21,23). The maximum Gasteiger partial charge on any atom is 0.222 e. The predicted octanol–water partition coefficient (Wildman–Crippen LogP) is 3.61. The number of aromatic nitrogens is 2. The van der Waals surface area contributed by atoms with E-state index in [1.807, 2.05) is 35.8 Å². The topological polar surface area (TPSA) is 46.9 Å². The first-order chi connectivity index (χ1) is 11.1. The molecular weight excluding hydrogens is 286 g/mol. The van der Waals surface area contributed by atoms with Gasteiger partial charge in [0, 0.05) is 13.0 Å². The number of hydrogen-bond donors (Lipinski definition) is 1. The van der Waals surface area contributed by atoms with Gasteiger partial charge in [0.1, 0.15) is 0 Å². The summed E-state index contributed by atoms with van der Waals surface area (Å²) in [6, 6.07) is 16.2. The number of nitrogens with zero attached hydrogens (tertiary/aromatic N) is 2. The number of rotatable bonds is 5. The van der Waals surface area contributed by atoms with Crippen LogP contribution in [-0.4, -0.2) is 15.5 Å². The van der Waals surface area contributed by atoms with Crippen LogP contribution in [0.3, 0.4) is 0 Å². The Morgan fingerprint density at radius 2 is 1.91 bits per heavy atom. The maximum absolute atomic E-state index is 12.2. The molecular formula is C19H21N3O. The zero-order valence-electron chi connectivity index (χ0n) is 13.5. The molecule has 0 aliphatic rings. The zero-order valence-corrected chi connectivity index (χ0v) is 13.5. The lowest BCUT2D eigenvalue weighted by Gasteiger charge is -2.15. The monoisotopic (exact) mass is 307 g/mol. The van der Waals surface area contributed by atoms with Crippen LogP contribution in [0.1, 0.15) is 30.5 Å². The number of benzene rings is 2. The van der Waals surface area contributed by atoms with Gasteiger partial charge in [-0.2, -0.15) is 0 Å². The van der Waals surface area contributed by atoms with Gasteiger partial charge in [-0.15, -0.1) is 0 Å². The van der Waals surface area contributed by atoms with E-state index in [0.29, 0.717) is 13.0 Å². The van der Waals surface area contributed by atoms with Crippen molar-refractivity contribution in [3.63, 3.8) is 0 Å². The molecule has 0 bridgehead atoms. The summed E-state index contributed by atoms with van der Waals surface area (Å²) in [5, 5.41) is 3.05. The molecule has 2 aromatic carbocycles. The Morgan fingerprint density at radius 3 is 2.70 bits per heavy atom. The Balaban J connectivity index is 1.58. The van der Waals surface area contributed by atoms with Crippen molar-refractivity contribution in [3.05, 3.63) is 66.0 Å². The van der Waals surface area contributed by atoms with Crippen LogP contribution in [0.25, 0.3) is 11.0 Å². The van der Waals surface area contributed by atoms with Crippen LogP contribution >= 0.6 is 0 Å². The summed E-state index contributed by atoms with van der Waals surface area (Å²) in [6.45, 7) is 4.70. The van der Waals surface area contributed by atoms with Crippen LogP contribution in [-0.2, 0) is 11.3 Å². The van der Waals surface area contributed by atoms with Gasteiger partial charge in [-0.3, -0.25) is 4.79 Å². The first kappa shape index (κ1) is 15.3. The van der Waals surface area contributed by atoms with Crippen LogP contribution < -0.4 is 5.32 Å². The van der Waals surface area contributed by atoms with E-state index in [4.69, 9.17) is 0 Å². The van der Waals surface area contributed by atoms with Crippen LogP contribution in [0.15, 0.2) is 54.9 Å². The Kier molecular flexibility index (Phi) is 4.42. The van der Waals surface area contributed by atoms with E-state index in [1.54, 1.807) is 6.33 Å². The van der Waals surface area contributed by atoms with Gasteiger partial charge in [0.05, 0.1) is 23.4 Å². The van der Waals surface area contributed by atoms with Crippen molar-refractivity contribution in [2.24, 2.45) is 0 Å². The summed E-state index contributed by atoms with van der Waals surface area (Å²) in [4.78, 5) is 16.5. The highest BCUT2D eigenvalue weighted by Gasteiger charge is 2.10. The van der Waals surface area contributed by atoms with E-state index in [1.165, 1.54) is 5.56 Å². The lowest BCUT2D eigenvalue weighted by Crippen LogP contribution is -2.27. The smallest absolute Gasteiger partial charge is 0.222 e. The summed E-state index contributed by atoms with van der Waals surface area (Å²) < 4.78 is 2.02. The number of fused-ring (bicyclic) bond motifs is 1. The summed E-state index contributed by atoms with van der Waals surface area (Å²) in [5.74, 6) is 0.0517. The van der Waals surface area contributed by atoms with E-state index in [-0.39, 0.29) is 11.9 Å². The van der Waals surface area contributed by atoms with Gasteiger partial charge >= 0.3 is 0 Å². The second-order valence-electron chi connectivity index (χ2n) is 5.88. The molecule has 1 N–H and O–H groups in total. The van der Waals surface area contributed by atoms with Crippen molar-refractivity contribution in [3.8, 4) is 0 Å². The van der Waals surface area contributed by atoms with Gasteiger partial charge in [-0.25, -0.2) is 4.98 Å².